The number of methoxy groups -OCH3 is 2. The van der Waals surface area contributed by atoms with Crippen molar-refractivity contribution < 1.29 is 17.9 Å². The molecule has 0 aliphatic carbocycles. The number of halogens is 1. The van der Waals surface area contributed by atoms with E-state index >= 15 is 0 Å². The number of hydrogen-bond acceptors (Lipinski definition) is 5. The minimum Gasteiger partial charge on any atom is -0.493 e. The van der Waals surface area contributed by atoms with Gasteiger partial charge in [0.1, 0.15) is 0 Å². The second-order valence-electron chi connectivity index (χ2n) is 4.74. The largest absolute Gasteiger partial charge is 0.493 e. The van der Waals surface area contributed by atoms with Crippen molar-refractivity contribution in [3.63, 3.8) is 0 Å². The molecule has 0 bridgehead atoms. The Hall–Kier alpha value is -1.02. The van der Waals surface area contributed by atoms with E-state index in [1.54, 1.807) is 12.1 Å². The topological polar surface area (TPSA) is 67.9 Å². The normalized spacial score (nSPS) is 19.7. The van der Waals surface area contributed by atoms with Gasteiger partial charge in [-0.15, -0.1) is 12.4 Å². The number of rotatable bonds is 4. The van der Waals surface area contributed by atoms with Crippen LogP contribution in [0.1, 0.15) is 6.92 Å². The van der Waals surface area contributed by atoms with E-state index in [4.69, 9.17) is 9.47 Å². The van der Waals surface area contributed by atoms with Crippen molar-refractivity contribution in [2.45, 2.75) is 17.9 Å². The average Bonchev–Trinajstić information content (AvgIpc) is 2.46. The van der Waals surface area contributed by atoms with Crippen LogP contribution < -0.4 is 14.8 Å². The molecule has 0 aromatic heterocycles. The number of hydrogen-bond donors (Lipinski definition) is 1. The van der Waals surface area contributed by atoms with E-state index in [1.165, 1.54) is 24.6 Å². The molecule has 0 radical (unpaired) electrons. The third-order valence-electron chi connectivity index (χ3n) is 3.32. The first-order valence-corrected chi connectivity index (χ1v) is 7.88. The molecule has 0 saturated carbocycles. The van der Waals surface area contributed by atoms with Crippen molar-refractivity contribution in [1.29, 1.82) is 0 Å². The van der Waals surface area contributed by atoms with Crippen LogP contribution in [0, 0.1) is 0 Å². The SMILES string of the molecule is COc1ccc(S(=O)(=O)N2CCN[C@H](C)C2)cc1OC.Cl. The molecule has 1 aliphatic heterocycles. The fraction of sp³-hybridized carbons (Fsp3) is 0.538. The predicted molar refractivity (Wildman–Crippen MR) is 83.0 cm³/mol. The van der Waals surface area contributed by atoms with Crippen LogP contribution in [0.2, 0.25) is 0 Å². The molecule has 6 nitrogen and oxygen atoms in total. The van der Waals surface area contributed by atoms with Gasteiger partial charge in [-0.3, -0.25) is 0 Å². The van der Waals surface area contributed by atoms with Crippen molar-refractivity contribution in [2.24, 2.45) is 0 Å². The Bertz CT molecular complexity index is 580. The molecule has 1 atom stereocenters. The lowest BCUT2D eigenvalue weighted by Gasteiger charge is -2.31. The molecule has 0 spiro atoms. The molecule has 1 heterocycles. The minimum atomic E-state index is -3.49. The monoisotopic (exact) mass is 336 g/mol. The molecule has 8 heteroatoms. The summed E-state index contributed by atoms with van der Waals surface area (Å²) in [6, 6.07) is 4.81. The summed E-state index contributed by atoms with van der Waals surface area (Å²) in [5.74, 6) is 0.928. The zero-order valence-electron chi connectivity index (χ0n) is 12.3. The van der Waals surface area contributed by atoms with Gasteiger partial charge in [0, 0.05) is 31.7 Å². The van der Waals surface area contributed by atoms with Crippen LogP contribution in [-0.2, 0) is 10.0 Å². The van der Waals surface area contributed by atoms with Crippen LogP contribution in [0.25, 0.3) is 0 Å². The maximum atomic E-state index is 12.6. The van der Waals surface area contributed by atoms with Crippen molar-refractivity contribution in [3.05, 3.63) is 18.2 Å². The van der Waals surface area contributed by atoms with Gasteiger partial charge in [-0.1, -0.05) is 0 Å². The number of piperazine rings is 1. The highest BCUT2D eigenvalue weighted by molar-refractivity contribution is 7.89. The summed E-state index contributed by atoms with van der Waals surface area (Å²) in [5, 5.41) is 3.23. The Labute approximate surface area is 131 Å². The van der Waals surface area contributed by atoms with Gasteiger partial charge in [0.05, 0.1) is 19.1 Å². The molecular formula is C13H21ClN2O4S. The van der Waals surface area contributed by atoms with Crippen molar-refractivity contribution in [1.82, 2.24) is 9.62 Å². The standard InChI is InChI=1S/C13H20N2O4S.ClH/c1-10-9-15(7-6-14-10)20(16,17)11-4-5-12(18-2)13(8-11)19-3;/h4-5,8,10,14H,6-7,9H2,1-3H3;1H/t10-;/m1./s1. The van der Waals surface area contributed by atoms with Gasteiger partial charge in [0.25, 0.3) is 0 Å². The molecule has 120 valence electrons. The first-order chi connectivity index (χ1) is 9.48. The molecule has 0 unspecified atom stereocenters. The molecule has 1 fully saturated rings. The Morgan fingerprint density at radius 3 is 2.48 bits per heavy atom. The second-order valence-corrected chi connectivity index (χ2v) is 6.67. The highest BCUT2D eigenvalue weighted by Crippen LogP contribution is 2.30. The van der Waals surface area contributed by atoms with E-state index < -0.39 is 10.0 Å². The molecule has 1 aromatic carbocycles. The van der Waals surface area contributed by atoms with Crippen LogP contribution in [0.15, 0.2) is 23.1 Å². The number of ether oxygens (including phenoxy) is 2. The van der Waals surface area contributed by atoms with E-state index in [-0.39, 0.29) is 23.3 Å². The molecule has 1 N–H and O–H groups in total. The van der Waals surface area contributed by atoms with Crippen LogP contribution in [0.5, 0.6) is 11.5 Å². The van der Waals surface area contributed by atoms with E-state index in [2.05, 4.69) is 5.32 Å². The van der Waals surface area contributed by atoms with E-state index in [9.17, 15) is 8.42 Å². The number of sulfonamides is 1. The van der Waals surface area contributed by atoms with Crippen molar-refractivity contribution in [3.8, 4) is 11.5 Å². The van der Waals surface area contributed by atoms with E-state index in [1.807, 2.05) is 6.92 Å². The third kappa shape index (κ3) is 3.79. The summed E-state index contributed by atoms with van der Waals surface area (Å²) in [6.07, 6.45) is 0. The van der Waals surface area contributed by atoms with Gasteiger partial charge >= 0.3 is 0 Å². The zero-order chi connectivity index (χ0) is 14.8. The molecule has 1 aromatic rings. The van der Waals surface area contributed by atoms with Crippen LogP contribution >= 0.6 is 12.4 Å². The van der Waals surface area contributed by atoms with Gasteiger partial charge in [0.2, 0.25) is 10.0 Å². The van der Waals surface area contributed by atoms with Crippen molar-refractivity contribution in [2.75, 3.05) is 33.9 Å². The maximum Gasteiger partial charge on any atom is 0.243 e. The molecule has 0 amide bonds. The van der Waals surface area contributed by atoms with E-state index in [0.29, 0.717) is 31.1 Å². The summed E-state index contributed by atoms with van der Waals surface area (Å²) in [4.78, 5) is 0.226. The molecule has 1 saturated heterocycles. The fourth-order valence-electron chi connectivity index (χ4n) is 2.24. The fourth-order valence-corrected chi connectivity index (χ4v) is 3.79. The van der Waals surface area contributed by atoms with Crippen molar-refractivity contribution >= 4 is 22.4 Å². The van der Waals surface area contributed by atoms with Crippen LogP contribution in [0.4, 0.5) is 0 Å². The average molecular weight is 337 g/mol. The Balaban J connectivity index is 0.00000220. The lowest BCUT2D eigenvalue weighted by Crippen LogP contribution is -2.51. The van der Waals surface area contributed by atoms with Gasteiger partial charge in [-0.2, -0.15) is 4.31 Å². The minimum absolute atomic E-state index is 0. The molecule has 21 heavy (non-hydrogen) atoms. The molecule has 1 aliphatic rings. The lowest BCUT2D eigenvalue weighted by atomic mass is 10.3. The third-order valence-corrected chi connectivity index (χ3v) is 5.19. The van der Waals surface area contributed by atoms with Gasteiger partial charge in [0.15, 0.2) is 11.5 Å². The predicted octanol–water partition coefficient (Wildman–Crippen LogP) is 1.11. The quantitative estimate of drug-likeness (QED) is 0.892. The number of benzene rings is 1. The van der Waals surface area contributed by atoms with Crippen LogP contribution in [-0.4, -0.2) is 52.6 Å². The number of nitrogens with zero attached hydrogens (tertiary/aromatic N) is 1. The molecular weight excluding hydrogens is 316 g/mol. The first-order valence-electron chi connectivity index (χ1n) is 6.44. The summed E-state index contributed by atoms with van der Waals surface area (Å²) < 4.78 is 37.0. The maximum absolute atomic E-state index is 12.6. The highest BCUT2D eigenvalue weighted by Gasteiger charge is 2.29. The zero-order valence-corrected chi connectivity index (χ0v) is 14.0. The Morgan fingerprint density at radius 1 is 1.24 bits per heavy atom. The van der Waals surface area contributed by atoms with E-state index in [0.717, 1.165) is 0 Å². The Morgan fingerprint density at radius 2 is 1.90 bits per heavy atom. The summed E-state index contributed by atoms with van der Waals surface area (Å²) in [5.41, 5.74) is 0. The summed E-state index contributed by atoms with van der Waals surface area (Å²) in [7, 11) is -0.490. The number of nitrogens with one attached hydrogen (secondary N) is 1. The summed E-state index contributed by atoms with van der Waals surface area (Å²) >= 11 is 0. The Kier molecular flexibility index (Phi) is 6.27. The van der Waals surface area contributed by atoms with Crippen LogP contribution in [0.3, 0.4) is 0 Å². The van der Waals surface area contributed by atoms with Gasteiger partial charge < -0.3 is 14.8 Å². The smallest absolute Gasteiger partial charge is 0.243 e. The first kappa shape index (κ1) is 18.0. The lowest BCUT2D eigenvalue weighted by molar-refractivity contribution is 0.310. The molecule has 2 rings (SSSR count). The summed E-state index contributed by atoms with van der Waals surface area (Å²) in [6.45, 7) is 3.57. The highest BCUT2D eigenvalue weighted by atomic mass is 35.5. The van der Waals surface area contributed by atoms with Gasteiger partial charge in [-0.05, 0) is 19.1 Å². The second kappa shape index (κ2) is 7.31. The van der Waals surface area contributed by atoms with Gasteiger partial charge in [-0.25, -0.2) is 8.42 Å².